The molecule has 1 unspecified atom stereocenters. The molecule has 0 N–H and O–H groups in total. The average molecular weight is 541 g/mol. The first kappa shape index (κ1) is 29.6. The number of fused-ring (bicyclic) bond motifs is 3. The summed E-state index contributed by atoms with van der Waals surface area (Å²) in [4.78, 5) is 19.0. The Balaban J connectivity index is 0.000000226. The lowest BCUT2D eigenvalue weighted by molar-refractivity contribution is -0.213. The third kappa shape index (κ3) is 7.04. The number of carbonyl (C=O) groups is 1. The van der Waals surface area contributed by atoms with Gasteiger partial charge in [0.1, 0.15) is 5.75 Å². The molecule has 1 amide bonds. The van der Waals surface area contributed by atoms with Crippen LogP contribution in [-0.4, -0.2) is 50.2 Å². The summed E-state index contributed by atoms with van der Waals surface area (Å²) < 4.78 is 22.7. The van der Waals surface area contributed by atoms with Gasteiger partial charge in [-0.25, -0.2) is 0 Å². The highest BCUT2D eigenvalue weighted by Crippen LogP contribution is 2.42. The summed E-state index contributed by atoms with van der Waals surface area (Å²) in [5.41, 5.74) is 1.67. The highest BCUT2D eigenvalue weighted by Gasteiger charge is 2.45. The first-order valence-corrected chi connectivity index (χ1v) is 15.2. The molecule has 5 rings (SSSR count). The maximum atomic E-state index is 12.6. The van der Waals surface area contributed by atoms with Crippen LogP contribution in [0.25, 0.3) is 10.9 Å². The Morgan fingerprint density at radius 3 is 2.54 bits per heavy atom. The third-order valence-electron chi connectivity index (χ3n) is 8.45. The standard InChI is InChI=1S/C21H28N2O3.C11H20O2/c1-4-6-15(7-5-2)10-11-23-20(24)14-26-19-13-22-18-9-8-16(25-3)12-17(18)21(19)23;1-2-5-10-6-3-4-7-11(10)12-8-9-13-11/h8-9,12-13,15H,4-7,10-11,14H2,1-3H3;10H,2-9H2,1H3. The number of nitrogens with zero attached hydrogens (tertiary/aromatic N) is 2. The van der Waals surface area contributed by atoms with Crippen LogP contribution in [-0.2, 0) is 14.3 Å². The van der Waals surface area contributed by atoms with Gasteiger partial charge in [-0.3, -0.25) is 9.78 Å². The van der Waals surface area contributed by atoms with E-state index in [2.05, 4.69) is 25.8 Å². The van der Waals surface area contributed by atoms with Gasteiger partial charge >= 0.3 is 0 Å². The first-order chi connectivity index (χ1) is 19.0. The van der Waals surface area contributed by atoms with E-state index in [9.17, 15) is 4.79 Å². The highest BCUT2D eigenvalue weighted by atomic mass is 16.7. The molecule has 2 fully saturated rings. The second kappa shape index (κ2) is 14.3. The number of benzene rings is 1. The fourth-order valence-corrected chi connectivity index (χ4v) is 6.54. The number of carbonyl (C=O) groups excluding carboxylic acids is 1. The highest BCUT2D eigenvalue weighted by molar-refractivity contribution is 6.07. The topological polar surface area (TPSA) is 70.1 Å². The molecule has 1 aliphatic carbocycles. The van der Waals surface area contributed by atoms with Crippen molar-refractivity contribution in [1.82, 2.24) is 4.98 Å². The van der Waals surface area contributed by atoms with Crippen LogP contribution in [0.2, 0.25) is 0 Å². The van der Waals surface area contributed by atoms with E-state index >= 15 is 0 Å². The van der Waals surface area contributed by atoms with E-state index < -0.39 is 0 Å². The largest absolute Gasteiger partial charge is 0.497 e. The molecular weight excluding hydrogens is 492 g/mol. The number of hydrogen-bond donors (Lipinski definition) is 0. The van der Waals surface area contributed by atoms with Crippen molar-refractivity contribution >= 4 is 22.5 Å². The van der Waals surface area contributed by atoms with Gasteiger partial charge in [0.2, 0.25) is 0 Å². The van der Waals surface area contributed by atoms with Gasteiger partial charge < -0.3 is 23.8 Å². The zero-order valence-electron chi connectivity index (χ0n) is 24.5. The van der Waals surface area contributed by atoms with E-state index in [1.165, 1.54) is 57.8 Å². The van der Waals surface area contributed by atoms with Crippen molar-refractivity contribution < 1.29 is 23.7 Å². The lowest BCUT2D eigenvalue weighted by atomic mass is 9.80. The zero-order valence-corrected chi connectivity index (χ0v) is 24.5. The van der Waals surface area contributed by atoms with Gasteiger partial charge in [0, 0.05) is 24.3 Å². The van der Waals surface area contributed by atoms with E-state index in [-0.39, 0.29) is 18.3 Å². The van der Waals surface area contributed by atoms with Crippen LogP contribution in [0.4, 0.5) is 5.69 Å². The Morgan fingerprint density at radius 1 is 1.08 bits per heavy atom. The number of rotatable bonds is 10. The summed E-state index contributed by atoms with van der Waals surface area (Å²) in [6, 6.07) is 5.74. The average Bonchev–Trinajstić information content (AvgIpc) is 3.43. The smallest absolute Gasteiger partial charge is 0.265 e. The van der Waals surface area contributed by atoms with Crippen LogP contribution in [0.3, 0.4) is 0 Å². The summed E-state index contributed by atoms with van der Waals surface area (Å²) in [5, 5.41) is 0.900. The van der Waals surface area contributed by atoms with Crippen molar-refractivity contribution in [2.24, 2.45) is 11.8 Å². The second-order valence-corrected chi connectivity index (χ2v) is 11.2. The molecule has 1 saturated heterocycles. The summed E-state index contributed by atoms with van der Waals surface area (Å²) in [7, 11) is 1.64. The molecule has 216 valence electrons. The predicted molar refractivity (Wildman–Crippen MR) is 156 cm³/mol. The fraction of sp³-hybridized carbons (Fsp3) is 0.688. The quantitative estimate of drug-likeness (QED) is 0.315. The number of aromatic nitrogens is 1. The lowest BCUT2D eigenvalue weighted by Gasteiger charge is -2.39. The minimum Gasteiger partial charge on any atom is -0.497 e. The molecule has 1 spiro atoms. The van der Waals surface area contributed by atoms with Crippen LogP contribution in [0.1, 0.15) is 91.4 Å². The van der Waals surface area contributed by atoms with E-state index in [0.717, 1.165) is 54.9 Å². The van der Waals surface area contributed by atoms with Crippen molar-refractivity contribution in [2.75, 3.05) is 38.4 Å². The van der Waals surface area contributed by atoms with Crippen molar-refractivity contribution in [2.45, 2.75) is 97.2 Å². The Morgan fingerprint density at radius 2 is 1.85 bits per heavy atom. The fourth-order valence-electron chi connectivity index (χ4n) is 6.54. The Bertz CT molecular complexity index is 1050. The van der Waals surface area contributed by atoms with Gasteiger partial charge in [0.05, 0.1) is 37.7 Å². The van der Waals surface area contributed by atoms with Gasteiger partial charge in [-0.15, -0.1) is 0 Å². The molecule has 2 aromatic rings. The Kier molecular flexibility index (Phi) is 10.9. The van der Waals surface area contributed by atoms with Crippen LogP contribution < -0.4 is 14.4 Å². The van der Waals surface area contributed by atoms with Crippen LogP contribution in [0, 0.1) is 11.8 Å². The zero-order chi connectivity index (χ0) is 27.7. The van der Waals surface area contributed by atoms with Crippen molar-refractivity contribution in [3.63, 3.8) is 0 Å². The minimum absolute atomic E-state index is 0.0135. The number of anilines is 1. The maximum Gasteiger partial charge on any atom is 0.265 e. The molecule has 0 radical (unpaired) electrons. The summed E-state index contributed by atoms with van der Waals surface area (Å²) >= 11 is 0. The van der Waals surface area contributed by atoms with E-state index in [0.29, 0.717) is 17.6 Å². The molecular formula is C32H48N2O5. The van der Waals surface area contributed by atoms with E-state index in [1.807, 2.05) is 23.1 Å². The third-order valence-corrected chi connectivity index (χ3v) is 8.45. The normalized spacial score (nSPS) is 20.1. The van der Waals surface area contributed by atoms with Crippen LogP contribution >= 0.6 is 0 Å². The lowest BCUT2D eigenvalue weighted by Crippen LogP contribution is -2.41. The molecule has 3 aliphatic rings. The molecule has 39 heavy (non-hydrogen) atoms. The number of amides is 1. The number of hydrogen-bond acceptors (Lipinski definition) is 6. The van der Waals surface area contributed by atoms with Gasteiger partial charge in [-0.05, 0) is 49.8 Å². The van der Waals surface area contributed by atoms with Crippen molar-refractivity contribution in [3.05, 3.63) is 24.4 Å². The Hall–Kier alpha value is -2.38. The second-order valence-electron chi connectivity index (χ2n) is 11.2. The van der Waals surface area contributed by atoms with Gasteiger partial charge in [-0.1, -0.05) is 59.3 Å². The molecule has 1 atom stereocenters. The van der Waals surface area contributed by atoms with Gasteiger partial charge in [-0.2, -0.15) is 0 Å². The summed E-state index contributed by atoms with van der Waals surface area (Å²) in [6.45, 7) is 9.11. The molecule has 3 heterocycles. The number of methoxy groups -OCH3 is 1. The van der Waals surface area contributed by atoms with Gasteiger partial charge in [0.15, 0.2) is 18.1 Å². The number of pyridine rings is 1. The van der Waals surface area contributed by atoms with Crippen molar-refractivity contribution in [1.29, 1.82) is 0 Å². The molecule has 0 bridgehead atoms. The Labute approximate surface area is 234 Å². The molecule has 1 aromatic heterocycles. The van der Waals surface area contributed by atoms with Gasteiger partial charge in [0.25, 0.3) is 5.91 Å². The van der Waals surface area contributed by atoms with Crippen molar-refractivity contribution in [3.8, 4) is 11.5 Å². The maximum absolute atomic E-state index is 12.6. The monoisotopic (exact) mass is 540 g/mol. The first-order valence-electron chi connectivity index (χ1n) is 15.2. The minimum atomic E-state index is -0.158. The molecule has 7 nitrogen and oxygen atoms in total. The van der Waals surface area contributed by atoms with E-state index in [4.69, 9.17) is 18.9 Å². The summed E-state index contributed by atoms with van der Waals surface area (Å²) in [5.74, 6) is 2.60. The molecule has 1 aromatic carbocycles. The number of ether oxygens (including phenoxy) is 4. The van der Waals surface area contributed by atoms with Crippen LogP contribution in [0.15, 0.2) is 24.4 Å². The molecule has 2 aliphatic heterocycles. The molecule has 7 heteroatoms. The summed E-state index contributed by atoms with van der Waals surface area (Å²) in [6.07, 6.45) is 15.1. The van der Waals surface area contributed by atoms with E-state index in [1.54, 1.807) is 13.3 Å². The molecule has 1 saturated carbocycles. The SMILES string of the molecule is CCCC(CCC)CCN1C(=O)COc2cnc3ccc(OC)cc3c21.CCCC1CCCCC12OCCO2. The predicted octanol–water partition coefficient (Wildman–Crippen LogP) is 7.30. The van der Waals surface area contributed by atoms with Crippen LogP contribution in [0.5, 0.6) is 11.5 Å².